The molecule has 6 heteroatoms. The lowest BCUT2D eigenvalue weighted by molar-refractivity contribution is -0.119. The molecule has 110 valence electrons. The normalized spacial score (nSPS) is 10.2. The van der Waals surface area contributed by atoms with Crippen molar-refractivity contribution in [1.29, 1.82) is 0 Å². The highest BCUT2D eigenvalue weighted by molar-refractivity contribution is 6.05. The Hall–Kier alpha value is -2.63. The summed E-state index contributed by atoms with van der Waals surface area (Å²) < 4.78 is 0. The second-order valence-corrected chi connectivity index (χ2v) is 4.81. The number of nitrogens with zero attached hydrogens (tertiary/aromatic N) is 1. The zero-order chi connectivity index (χ0) is 15.4. The quantitative estimate of drug-likeness (QED) is 0.797. The Morgan fingerprint density at radius 2 is 1.86 bits per heavy atom. The molecule has 0 unspecified atom stereocenters. The zero-order valence-electron chi connectivity index (χ0n) is 12.3. The molecule has 0 saturated heterocycles. The van der Waals surface area contributed by atoms with Gasteiger partial charge in [-0.2, -0.15) is 5.10 Å². The molecule has 1 aromatic heterocycles. The highest BCUT2D eigenvalue weighted by atomic mass is 16.2. The summed E-state index contributed by atoms with van der Waals surface area (Å²) in [6.07, 6.45) is 0.324. The number of carbonyl (C=O) groups is 2. The molecule has 0 aliphatic heterocycles. The first-order chi connectivity index (χ1) is 10.0. The summed E-state index contributed by atoms with van der Waals surface area (Å²) in [6.45, 7) is 3.59. The highest BCUT2D eigenvalue weighted by Crippen LogP contribution is 2.15. The largest absolute Gasteiger partial charge is 0.359 e. The van der Waals surface area contributed by atoms with Crippen LogP contribution in [0.15, 0.2) is 24.3 Å². The number of aromatic amines is 1. The number of H-pyrrole nitrogens is 1. The minimum absolute atomic E-state index is 0.0450. The van der Waals surface area contributed by atoms with Crippen LogP contribution >= 0.6 is 0 Å². The van der Waals surface area contributed by atoms with Gasteiger partial charge in [-0.15, -0.1) is 0 Å². The molecule has 3 N–H and O–H groups in total. The van der Waals surface area contributed by atoms with E-state index in [1.165, 1.54) is 0 Å². The summed E-state index contributed by atoms with van der Waals surface area (Å²) in [7, 11) is 1.60. The third-order valence-electron chi connectivity index (χ3n) is 3.21. The predicted octanol–water partition coefficient (Wildman–Crippen LogP) is 1.57. The number of carbonyl (C=O) groups excluding carboxylic acids is 2. The number of nitrogens with one attached hydrogen (secondary N) is 3. The molecule has 6 nitrogen and oxygen atoms in total. The van der Waals surface area contributed by atoms with Crippen LogP contribution < -0.4 is 10.6 Å². The van der Waals surface area contributed by atoms with E-state index in [-0.39, 0.29) is 11.8 Å². The number of likely N-dealkylation sites (N-methyl/N-ethyl adjacent to an activating group) is 1. The monoisotopic (exact) mass is 286 g/mol. The first kappa shape index (κ1) is 14.8. The van der Waals surface area contributed by atoms with Crippen molar-refractivity contribution in [3.63, 3.8) is 0 Å². The average molecular weight is 286 g/mol. The molecule has 1 heterocycles. The van der Waals surface area contributed by atoms with Gasteiger partial charge in [0, 0.05) is 18.4 Å². The molecule has 0 atom stereocenters. The molecule has 0 fully saturated rings. The van der Waals surface area contributed by atoms with Crippen LogP contribution in [0.25, 0.3) is 0 Å². The van der Waals surface area contributed by atoms with Gasteiger partial charge in [-0.05, 0) is 31.5 Å². The lowest BCUT2D eigenvalue weighted by atomic mass is 10.1. The van der Waals surface area contributed by atoms with Crippen molar-refractivity contribution < 1.29 is 9.59 Å². The van der Waals surface area contributed by atoms with Gasteiger partial charge in [0.05, 0.1) is 17.7 Å². The van der Waals surface area contributed by atoms with Crippen molar-refractivity contribution in [2.45, 2.75) is 20.3 Å². The van der Waals surface area contributed by atoms with E-state index in [0.29, 0.717) is 23.4 Å². The van der Waals surface area contributed by atoms with Gasteiger partial charge in [-0.1, -0.05) is 12.1 Å². The van der Waals surface area contributed by atoms with E-state index in [1.54, 1.807) is 33.0 Å². The number of hydrogen-bond acceptors (Lipinski definition) is 3. The summed E-state index contributed by atoms with van der Waals surface area (Å²) >= 11 is 0. The van der Waals surface area contributed by atoms with Crippen molar-refractivity contribution in [2.75, 3.05) is 12.4 Å². The van der Waals surface area contributed by atoms with E-state index >= 15 is 0 Å². The van der Waals surface area contributed by atoms with Gasteiger partial charge in [-0.3, -0.25) is 14.7 Å². The molecule has 0 aliphatic carbocycles. The highest BCUT2D eigenvalue weighted by Gasteiger charge is 2.15. The van der Waals surface area contributed by atoms with Crippen LogP contribution in [0, 0.1) is 13.8 Å². The number of anilines is 1. The van der Waals surface area contributed by atoms with Crippen LogP contribution in [0.4, 0.5) is 5.69 Å². The molecular formula is C15H18N4O2. The summed E-state index contributed by atoms with van der Waals surface area (Å²) in [6, 6.07) is 7.20. The Kier molecular flexibility index (Phi) is 4.37. The molecule has 0 bridgehead atoms. The van der Waals surface area contributed by atoms with E-state index in [4.69, 9.17) is 0 Å². The molecule has 0 radical (unpaired) electrons. The Labute approximate surface area is 122 Å². The Bertz CT molecular complexity index is 639. The van der Waals surface area contributed by atoms with Gasteiger partial charge in [0.15, 0.2) is 0 Å². The molecule has 0 saturated carbocycles. The third kappa shape index (κ3) is 3.47. The molecule has 2 rings (SSSR count). The third-order valence-corrected chi connectivity index (χ3v) is 3.21. The van der Waals surface area contributed by atoms with E-state index in [2.05, 4.69) is 20.8 Å². The summed E-state index contributed by atoms with van der Waals surface area (Å²) in [5.41, 5.74) is 3.54. The van der Waals surface area contributed by atoms with E-state index in [0.717, 1.165) is 11.3 Å². The van der Waals surface area contributed by atoms with Crippen LogP contribution in [-0.2, 0) is 11.2 Å². The Morgan fingerprint density at radius 3 is 2.38 bits per heavy atom. The van der Waals surface area contributed by atoms with Crippen molar-refractivity contribution in [3.05, 3.63) is 46.8 Å². The van der Waals surface area contributed by atoms with Gasteiger partial charge in [0.2, 0.25) is 5.91 Å². The molecule has 0 spiro atoms. The molecular weight excluding hydrogens is 268 g/mol. The number of benzene rings is 1. The van der Waals surface area contributed by atoms with Gasteiger partial charge < -0.3 is 10.6 Å². The first-order valence-corrected chi connectivity index (χ1v) is 6.63. The fourth-order valence-corrected chi connectivity index (χ4v) is 2.06. The van der Waals surface area contributed by atoms with Crippen LogP contribution in [-0.4, -0.2) is 29.1 Å². The molecule has 2 amide bonds. The minimum Gasteiger partial charge on any atom is -0.359 e. The number of amides is 2. The standard InChI is InChI=1S/C15H18N4O2/c1-9-14(10(2)19-18-9)15(21)17-12-6-4-11(5-7-12)8-13(20)16-3/h4-7H,8H2,1-3H3,(H,16,20)(H,17,21)(H,18,19). The Balaban J connectivity index is 2.07. The topological polar surface area (TPSA) is 86.9 Å². The summed E-state index contributed by atoms with van der Waals surface area (Å²) in [5, 5.41) is 12.2. The van der Waals surface area contributed by atoms with Crippen LogP contribution in [0.2, 0.25) is 0 Å². The van der Waals surface area contributed by atoms with Crippen molar-refractivity contribution in [1.82, 2.24) is 15.5 Å². The molecule has 21 heavy (non-hydrogen) atoms. The van der Waals surface area contributed by atoms with E-state index in [1.807, 2.05) is 12.1 Å². The summed E-state index contributed by atoms with van der Waals surface area (Å²) in [4.78, 5) is 23.5. The maximum atomic E-state index is 12.2. The number of rotatable bonds is 4. The second-order valence-electron chi connectivity index (χ2n) is 4.81. The average Bonchev–Trinajstić information content (AvgIpc) is 2.80. The van der Waals surface area contributed by atoms with E-state index < -0.39 is 0 Å². The molecule has 0 aliphatic rings. The van der Waals surface area contributed by atoms with Gasteiger partial charge in [-0.25, -0.2) is 0 Å². The van der Waals surface area contributed by atoms with Gasteiger partial charge in [0.25, 0.3) is 5.91 Å². The number of hydrogen-bond donors (Lipinski definition) is 3. The van der Waals surface area contributed by atoms with Crippen LogP contribution in [0.1, 0.15) is 27.3 Å². The fourth-order valence-electron chi connectivity index (χ4n) is 2.06. The minimum atomic E-state index is -0.196. The van der Waals surface area contributed by atoms with Crippen molar-refractivity contribution in [3.8, 4) is 0 Å². The van der Waals surface area contributed by atoms with Crippen LogP contribution in [0.5, 0.6) is 0 Å². The fraction of sp³-hybridized carbons (Fsp3) is 0.267. The Morgan fingerprint density at radius 1 is 1.19 bits per heavy atom. The maximum Gasteiger partial charge on any atom is 0.259 e. The van der Waals surface area contributed by atoms with Crippen molar-refractivity contribution >= 4 is 17.5 Å². The summed E-state index contributed by atoms with van der Waals surface area (Å²) in [5.74, 6) is -0.241. The SMILES string of the molecule is CNC(=O)Cc1ccc(NC(=O)c2c(C)n[nH]c2C)cc1. The lowest BCUT2D eigenvalue weighted by Gasteiger charge is -2.06. The number of aromatic nitrogens is 2. The number of aryl methyl sites for hydroxylation is 2. The second kappa shape index (κ2) is 6.21. The van der Waals surface area contributed by atoms with Crippen molar-refractivity contribution in [2.24, 2.45) is 0 Å². The van der Waals surface area contributed by atoms with Gasteiger partial charge in [0.1, 0.15) is 0 Å². The smallest absolute Gasteiger partial charge is 0.259 e. The zero-order valence-corrected chi connectivity index (χ0v) is 12.3. The first-order valence-electron chi connectivity index (χ1n) is 6.63. The van der Waals surface area contributed by atoms with E-state index in [9.17, 15) is 9.59 Å². The lowest BCUT2D eigenvalue weighted by Crippen LogP contribution is -2.19. The molecule has 2 aromatic rings. The maximum absolute atomic E-state index is 12.2. The van der Waals surface area contributed by atoms with Crippen LogP contribution in [0.3, 0.4) is 0 Å². The van der Waals surface area contributed by atoms with Gasteiger partial charge >= 0.3 is 0 Å². The molecule has 1 aromatic carbocycles. The predicted molar refractivity (Wildman–Crippen MR) is 80.2 cm³/mol.